The van der Waals surface area contributed by atoms with Crippen LogP contribution in [0.2, 0.25) is 0 Å². The highest BCUT2D eigenvalue weighted by atomic mass is 79.9. The van der Waals surface area contributed by atoms with Gasteiger partial charge in [-0.15, -0.1) is 0 Å². The van der Waals surface area contributed by atoms with Gasteiger partial charge in [0.1, 0.15) is 0 Å². The maximum absolute atomic E-state index is 13.4. The Morgan fingerprint density at radius 1 is 1.06 bits per heavy atom. The van der Waals surface area contributed by atoms with Crippen molar-refractivity contribution in [3.8, 4) is 0 Å². The zero-order chi connectivity index (χ0) is 25.0. The van der Waals surface area contributed by atoms with Gasteiger partial charge in [0.25, 0.3) is 0 Å². The minimum Gasteiger partial charge on any atom is -0.326 e. The molecule has 0 atom stereocenters. The van der Waals surface area contributed by atoms with E-state index in [4.69, 9.17) is 0 Å². The Morgan fingerprint density at radius 2 is 1.80 bits per heavy atom. The molecule has 2 aliphatic rings. The van der Waals surface area contributed by atoms with Crippen molar-refractivity contribution in [2.75, 3.05) is 25.0 Å². The van der Waals surface area contributed by atoms with Crippen LogP contribution in [0.3, 0.4) is 0 Å². The molecule has 0 aromatic heterocycles. The van der Waals surface area contributed by atoms with Gasteiger partial charge < -0.3 is 10.2 Å². The summed E-state index contributed by atoms with van der Waals surface area (Å²) in [4.78, 5) is 42.0. The van der Waals surface area contributed by atoms with Crippen LogP contribution in [0.1, 0.15) is 56.1 Å². The van der Waals surface area contributed by atoms with Crippen LogP contribution >= 0.6 is 31.9 Å². The van der Waals surface area contributed by atoms with Crippen molar-refractivity contribution in [3.63, 3.8) is 0 Å². The number of urea groups is 1. The molecule has 186 valence electrons. The number of carbonyl (C=O) groups excluding carboxylic acids is 3. The molecule has 1 heterocycles. The van der Waals surface area contributed by atoms with Crippen LogP contribution < -0.4 is 5.32 Å². The second kappa shape index (κ2) is 11.2. The second-order valence-corrected chi connectivity index (χ2v) is 11.3. The largest absolute Gasteiger partial charge is 0.326 e. The van der Waals surface area contributed by atoms with E-state index in [1.165, 1.54) is 16.9 Å². The minimum atomic E-state index is -0.287. The molecule has 1 saturated carbocycles. The number of imide groups is 1. The monoisotopic (exact) mass is 603 g/mol. The predicted octanol–water partition coefficient (Wildman–Crippen LogP) is 6.41. The first-order valence-corrected chi connectivity index (χ1v) is 13.8. The lowest BCUT2D eigenvalue weighted by Crippen LogP contribution is -2.56. The van der Waals surface area contributed by atoms with E-state index in [1.54, 1.807) is 4.90 Å². The van der Waals surface area contributed by atoms with E-state index in [0.29, 0.717) is 13.1 Å². The molecule has 2 fully saturated rings. The van der Waals surface area contributed by atoms with Gasteiger partial charge in [0, 0.05) is 52.5 Å². The van der Waals surface area contributed by atoms with Crippen LogP contribution in [0.25, 0.3) is 0 Å². The minimum absolute atomic E-state index is 0.127. The molecule has 0 spiro atoms. The van der Waals surface area contributed by atoms with Crippen molar-refractivity contribution in [2.24, 2.45) is 0 Å². The summed E-state index contributed by atoms with van der Waals surface area (Å²) in [6.07, 6.45) is 5.68. The summed E-state index contributed by atoms with van der Waals surface area (Å²) < 4.78 is 1.91. The summed E-state index contributed by atoms with van der Waals surface area (Å²) in [7, 11) is 0. The van der Waals surface area contributed by atoms with Crippen LogP contribution in [-0.4, -0.2) is 47.3 Å². The summed E-state index contributed by atoms with van der Waals surface area (Å²) in [5, 5.41) is 2.93. The summed E-state index contributed by atoms with van der Waals surface area (Å²) in [5.74, 6) is -0.281. The first kappa shape index (κ1) is 25.9. The van der Waals surface area contributed by atoms with Crippen molar-refractivity contribution in [1.82, 2.24) is 9.80 Å². The molecular formula is C27H31Br2N3O3. The molecule has 0 unspecified atom stereocenters. The SMILES string of the molecule is Cc1ccc(Br)cc1NC(=O)CCN1CCC(=O)N(CC2(c3ccccc3Br)CCCCC2)C1=O. The zero-order valence-corrected chi connectivity index (χ0v) is 23.2. The smallest absolute Gasteiger partial charge is 0.326 e. The number of hydrogen-bond donors (Lipinski definition) is 1. The van der Waals surface area contributed by atoms with Gasteiger partial charge >= 0.3 is 6.03 Å². The number of amides is 4. The van der Waals surface area contributed by atoms with E-state index >= 15 is 0 Å². The number of benzene rings is 2. The van der Waals surface area contributed by atoms with Crippen LogP contribution in [0.15, 0.2) is 51.4 Å². The third-order valence-electron chi connectivity index (χ3n) is 7.20. The van der Waals surface area contributed by atoms with Crippen LogP contribution in [0.4, 0.5) is 10.5 Å². The average molecular weight is 605 g/mol. The van der Waals surface area contributed by atoms with Crippen molar-refractivity contribution >= 4 is 55.4 Å². The van der Waals surface area contributed by atoms with Gasteiger partial charge in [-0.25, -0.2) is 4.79 Å². The van der Waals surface area contributed by atoms with E-state index in [0.717, 1.165) is 45.9 Å². The Labute approximate surface area is 223 Å². The lowest BCUT2D eigenvalue weighted by atomic mass is 9.69. The number of carbonyl (C=O) groups is 3. The van der Waals surface area contributed by atoms with Gasteiger partial charge in [-0.3, -0.25) is 14.5 Å². The fourth-order valence-electron chi connectivity index (χ4n) is 5.22. The zero-order valence-electron chi connectivity index (χ0n) is 20.0. The van der Waals surface area contributed by atoms with E-state index in [-0.39, 0.29) is 42.6 Å². The van der Waals surface area contributed by atoms with Gasteiger partial charge in [0.2, 0.25) is 11.8 Å². The van der Waals surface area contributed by atoms with Crippen molar-refractivity contribution in [1.29, 1.82) is 0 Å². The number of halogens is 2. The lowest BCUT2D eigenvalue weighted by Gasteiger charge is -2.44. The average Bonchev–Trinajstić information content (AvgIpc) is 2.84. The Bertz CT molecular complexity index is 1110. The summed E-state index contributed by atoms with van der Waals surface area (Å²) in [6.45, 7) is 2.95. The first-order chi connectivity index (χ1) is 16.8. The molecule has 1 aliphatic heterocycles. The number of rotatable bonds is 7. The maximum Gasteiger partial charge on any atom is 0.326 e. The fraction of sp³-hybridized carbons (Fsp3) is 0.444. The summed E-state index contributed by atoms with van der Waals surface area (Å²) >= 11 is 7.13. The Balaban J connectivity index is 1.45. The highest BCUT2D eigenvalue weighted by molar-refractivity contribution is 9.10. The topological polar surface area (TPSA) is 69.7 Å². The van der Waals surface area contributed by atoms with Gasteiger partial charge in [0.15, 0.2) is 0 Å². The predicted molar refractivity (Wildman–Crippen MR) is 144 cm³/mol. The normalized spacial score (nSPS) is 18.0. The fourth-order valence-corrected chi connectivity index (χ4v) is 6.28. The molecule has 8 heteroatoms. The van der Waals surface area contributed by atoms with E-state index in [2.05, 4.69) is 43.2 Å². The molecule has 0 radical (unpaired) electrons. The van der Waals surface area contributed by atoms with Gasteiger partial charge in [0.05, 0.1) is 0 Å². The van der Waals surface area contributed by atoms with Crippen LogP contribution in [0, 0.1) is 6.92 Å². The van der Waals surface area contributed by atoms with Crippen molar-refractivity contribution in [3.05, 3.63) is 62.5 Å². The van der Waals surface area contributed by atoms with Crippen molar-refractivity contribution in [2.45, 2.75) is 57.3 Å². The molecule has 4 rings (SSSR count). The number of nitrogens with zero attached hydrogens (tertiary/aromatic N) is 2. The van der Waals surface area contributed by atoms with E-state index in [1.807, 2.05) is 43.3 Å². The molecule has 1 saturated heterocycles. The lowest BCUT2D eigenvalue weighted by molar-refractivity contribution is -0.132. The quantitative estimate of drug-likeness (QED) is 0.397. The van der Waals surface area contributed by atoms with Gasteiger partial charge in [-0.2, -0.15) is 0 Å². The van der Waals surface area contributed by atoms with Crippen molar-refractivity contribution < 1.29 is 14.4 Å². The highest BCUT2D eigenvalue weighted by Gasteiger charge is 2.42. The molecule has 2 aromatic carbocycles. The number of aryl methyl sites for hydroxylation is 1. The Hall–Kier alpha value is -2.19. The Kier molecular flexibility index (Phi) is 8.32. The van der Waals surface area contributed by atoms with Crippen LogP contribution in [0.5, 0.6) is 0 Å². The van der Waals surface area contributed by atoms with Gasteiger partial charge in [-0.1, -0.05) is 75.4 Å². The van der Waals surface area contributed by atoms with Crippen LogP contribution in [-0.2, 0) is 15.0 Å². The summed E-state index contributed by atoms with van der Waals surface area (Å²) in [6, 6.07) is 13.6. The Morgan fingerprint density at radius 3 is 2.54 bits per heavy atom. The van der Waals surface area contributed by atoms with Gasteiger partial charge in [-0.05, 0) is 49.1 Å². The van der Waals surface area contributed by atoms with E-state index in [9.17, 15) is 14.4 Å². The molecule has 1 aliphatic carbocycles. The third kappa shape index (κ3) is 5.97. The number of nitrogens with one attached hydrogen (secondary N) is 1. The standard InChI is InChI=1S/C27H31Br2N3O3/c1-19-9-10-20(28)17-23(19)30-24(33)11-15-31-16-12-25(34)32(26(31)35)18-27(13-5-2-6-14-27)21-7-3-4-8-22(21)29/h3-4,7-10,17H,2,5-6,11-16,18H2,1H3,(H,30,33). The molecular weight excluding hydrogens is 574 g/mol. The molecule has 1 N–H and O–H groups in total. The number of anilines is 1. The maximum atomic E-state index is 13.4. The first-order valence-electron chi connectivity index (χ1n) is 12.2. The summed E-state index contributed by atoms with van der Waals surface area (Å²) in [5.41, 5.74) is 2.64. The third-order valence-corrected chi connectivity index (χ3v) is 8.38. The molecule has 4 amide bonds. The second-order valence-electron chi connectivity index (χ2n) is 9.58. The van der Waals surface area contributed by atoms with E-state index < -0.39 is 0 Å². The molecule has 35 heavy (non-hydrogen) atoms. The number of hydrogen-bond acceptors (Lipinski definition) is 3. The molecule has 0 bridgehead atoms. The highest BCUT2D eigenvalue weighted by Crippen LogP contribution is 2.43. The molecule has 6 nitrogen and oxygen atoms in total. The molecule has 2 aromatic rings.